The third kappa shape index (κ3) is 3.30. The topological polar surface area (TPSA) is 83.3 Å². The highest BCUT2D eigenvalue weighted by Gasteiger charge is 2.03. The predicted octanol–water partition coefficient (Wildman–Crippen LogP) is 3.87. The Kier molecular flexibility index (Phi) is 4.34. The number of aromatic nitrogens is 2. The number of nitrogens with zero attached hydrogens (tertiary/aromatic N) is 2. The Morgan fingerprint density at radius 2 is 1.58 bits per heavy atom. The van der Waals surface area contributed by atoms with E-state index >= 15 is 0 Å². The summed E-state index contributed by atoms with van der Waals surface area (Å²) in [5.41, 5.74) is 1.45. The number of para-hydroxylation sites is 2. The predicted molar refractivity (Wildman–Crippen MR) is 92.1 cm³/mol. The molecule has 0 fully saturated rings. The summed E-state index contributed by atoms with van der Waals surface area (Å²) in [7, 11) is 0. The average Bonchev–Trinajstić information content (AvgIpc) is 2.62. The Labute approximate surface area is 137 Å². The molecule has 0 aliphatic heterocycles. The molecule has 0 radical (unpaired) electrons. The molecule has 4 rings (SSSR count). The van der Waals surface area contributed by atoms with Crippen LogP contribution in [0.25, 0.3) is 21.8 Å². The summed E-state index contributed by atoms with van der Waals surface area (Å²) in [5.74, 6) is -0.756. The first kappa shape index (κ1) is 15.4. The zero-order chi connectivity index (χ0) is 16.9. The number of carboxylic acids is 1. The van der Waals surface area contributed by atoms with Crippen LogP contribution in [0.5, 0.6) is 5.75 Å². The van der Waals surface area contributed by atoms with Gasteiger partial charge >= 0.3 is 5.97 Å². The Balaban J connectivity index is 0.000000143. The van der Waals surface area contributed by atoms with Crippen molar-refractivity contribution in [3.63, 3.8) is 0 Å². The summed E-state index contributed by atoms with van der Waals surface area (Å²) in [6.07, 6.45) is 1.67. The molecule has 5 heteroatoms. The molecule has 2 aromatic carbocycles. The highest BCUT2D eigenvalue weighted by atomic mass is 16.4. The number of carbonyl (C=O) groups is 1. The van der Waals surface area contributed by atoms with E-state index in [1.165, 1.54) is 6.07 Å². The molecule has 0 aliphatic carbocycles. The Bertz CT molecular complexity index is 1010. The van der Waals surface area contributed by atoms with Crippen molar-refractivity contribution in [1.29, 1.82) is 0 Å². The van der Waals surface area contributed by atoms with E-state index in [1.807, 2.05) is 36.4 Å². The summed E-state index contributed by atoms with van der Waals surface area (Å²) in [4.78, 5) is 18.6. The standard InChI is InChI=1S/C10H7NO2.C9H7NO/c12-10(13)9-6-5-7-3-1-2-4-8(7)11-9;11-8-5-1-3-7-4-2-6-10-9(7)8/h1-6H,(H,12,13);1-6,11H. The van der Waals surface area contributed by atoms with Crippen LogP contribution in [0.3, 0.4) is 0 Å². The lowest BCUT2D eigenvalue weighted by atomic mass is 10.2. The fourth-order valence-electron chi connectivity index (χ4n) is 2.27. The van der Waals surface area contributed by atoms with Crippen LogP contribution >= 0.6 is 0 Å². The number of aromatic carboxylic acids is 1. The lowest BCUT2D eigenvalue weighted by Gasteiger charge is -1.97. The van der Waals surface area contributed by atoms with E-state index in [0.717, 1.165) is 10.8 Å². The van der Waals surface area contributed by atoms with Gasteiger partial charge in [0.2, 0.25) is 0 Å². The normalized spacial score (nSPS) is 10.2. The number of aromatic hydroxyl groups is 1. The minimum Gasteiger partial charge on any atom is -0.506 e. The molecule has 0 amide bonds. The smallest absolute Gasteiger partial charge is 0.354 e. The summed E-state index contributed by atoms with van der Waals surface area (Å²) in [6, 6.07) is 19.8. The molecule has 2 aromatic heterocycles. The largest absolute Gasteiger partial charge is 0.506 e. The second-order valence-corrected chi connectivity index (χ2v) is 5.05. The third-order valence-corrected chi connectivity index (χ3v) is 3.43. The Morgan fingerprint density at radius 3 is 2.38 bits per heavy atom. The van der Waals surface area contributed by atoms with Gasteiger partial charge in [0.05, 0.1) is 5.52 Å². The molecule has 2 heterocycles. The molecule has 0 saturated heterocycles. The van der Waals surface area contributed by atoms with Crippen LogP contribution in [-0.4, -0.2) is 26.2 Å². The van der Waals surface area contributed by atoms with E-state index in [2.05, 4.69) is 9.97 Å². The average molecular weight is 318 g/mol. The van der Waals surface area contributed by atoms with Crippen molar-refractivity contribution in [3.8, 4) is 5.75 Å². The van der Waals surface area contributed by atoms with Crippen LogP contribution in [0.15, 0.2) is 72.9 Å². The molecule has 0 saturated carbocycles. The van der Waals surface area contributed by atoms with E-state index in [9.17, 15) is 9.90 Å². The lowest BCUT2D eigenvalue weighted by molar-refractivity contribution is 0.0691. The van der Waals surface area contributed by atoms with Gasteiger partial charge in [-0.25, -0.2) is 9.78 Å². The van der Waals surface area contributed by atoms with Gasteiger partial charge in [-0.2, -0.15) is 0 Å². The van der Waals surface area contributed by atoms with Crippen LogP contribution in [-0.2, 0) is 0 Å². The van der Waals surface area contributed by atoms with Gasteiger partial charge in [-0.3, -0.25) is 4.98 Å². The molecule has 118 valence electrons. The molecule has 0 bridgehead atoms. The van der Waals surface area contributed by atoms with Gasteiger partial charge < -0.3 is 10.2 Å². The number of rotatable bonds is 1. The number of phenols is 1. The fourth-order valence-corrected chi connectivity index (χ4v) is 2.27. The van der Waals surface area contributed by atoms with Gasteiger partial charge in [-0.15, -0.1) is 0 Å². The zero-order valence-electron chi connectivity index (χ0n) is 12.6. The van der Waals surface area contributed by atoms with Crippen molar-refractivity contribution in [2.45, 2.75) is 0 Å². The summed E-state index contributed by atoms with van der Waals surface area (Å²) < 4.78 is 0. The molecule has 0 aliphatic rings. The monoisotopic (exact) mass is 318 g/mol. The number of fused-ring (bicyclic) bond motifs is 2. The molecular weight excluding hydrogens is 304 g/mol. The van der Waals surface area contributed by atoms with Crippen LogP contribution in [0.4, 0.5) is 0 Å². The molecular formula is C19H14N2O3. The fraction of sp³-hybridized carbons (Fsp3) is 0. The first-order chi connectivity index (χ1) is 11.6. The van der Waals surface area contributed by atoms with Gasteiger partial charge in [0.15, 0.2) is 0 Å². The maximum absolute atomic E-state index is 10.6. The molecule has 2 N–H and O–H groups in total. The summed E-state index contributed by atoms with van der Waals surface area (Å²) >= 11 is 0. The maximum atomic E-state index is 10.6. The van der Waals surface area contributed by atoms with Gasteiger partial charge in [-0.05, 0) is 24.3 Å². The van der Waals surface area contributed by atoms with Crippen molar-refractivity contribution in [2.75, 3.05) is 0 Å². The minimum atomic E-state index is -0.995. The molecule has 0 atom stereocenters. The quantitative estimate of drug-likeness (QED) is 0.556. The molecule has 0 unspecified atom stereocenters. The minimum absolute atomic E-state index is 0.0821. The first-order valence-electron chi connectivity index (χ1n) is 7.27. The van der Waals surface area contributed by atoms with Crippen LogP contribution in [0.2, 0.25) is 0 Å². The van der Waals surface area contributed by atoms with E-state index < -0.39 is 5.97 Å². The number of pyridine rings is 2. The van der Waals surface area contributed by atoms with Crippen molar-refractivity contribution in [1.82, 2.24) is 9.97 Å². The Hall–Kier alpha value is -3.47. The molecule has 24 heavy (non-hydrogen) atoms. The highest BCUT2D eigenvalue weighted by molar-refractivity contribution is 5.89. The van der Waals surface area contributed by atoms with Crippen LogP contribution in [0, 0.1) is 0 Å². The molecule has 5 nitrogen and oxygen atoms in total. The first-order valence-corrected chi connectivity index (χ1v) is 7.27. The number of carboxylic acid groups (broad SMARTS) is 1. The van der Waals surface area contributed by atoms with Gasteiger partial charge in [0.25, 0.3) is 0 Å². The SMILES string of the molecule is O=C(O)c1ccc2ccccc2n1.Oc1cccc2cccnc12. The van der Waals surface area contributed by atoms with Gasteiger partial charge in [-0.1, -0.05) is 42.5 Å². The molecule has 4 aromatic rings. The maximum Gasteiger partial charge on any atom is 0.354 e. The number of benzene rings is 2. The van der Waals surface area contributed by atoms with E-state index in [-0.39, 0.29) is 11.4 Å². The van der Waals surface area contributed by atoms with Gasteiger partial charge in [0, 0.05) is 17.0 Å². The van der Waals surface area contributed by atoms with Crippen molar-refractivity contribution < 1.29 is 15.0 Å². The second kappa shape index (κ2) is 6.75. The van der Waals surface area contributed by atoms with Gasteiger partial charge in [0.1, 0.15) is 17.0 Å². The number of hydrogen-bond acceptors (Lipinski definition) is 4. The van der Waals surface area contributed by atoms with Crippen LogP contribution in [0.1, 0.15) is 10.5 Å². The van der Waals surface area contributed by atoms with Crippen molar-refractivity contribution >= 4 is 27.8 Å². The van der Waals surface area contributed by atoms with Crippen molar-refractivity contribution in [2.24, 2.45) is 0 Å². The Morgan fingerprint density at radius 1 is 0.833 bits per heavy atom. The second-order valence-electron chi connectivity index (χ2n) is 5.05. The zero-order valence-corrected chi connectivity index (χ0v) is 12.6. The molecule has 0 spiro atoms. The van der Waals surface area contributed by atoms with Crippen LogP contribution < -0.4 is 0 Å². The summed E-state index contributed by atoms with van der Waals surface area (Å²) in [5, 5.41) is 19.9. The summed E-state index contributed by atoms with van der Waals surface area (Å²) in [6.45, 7) is 0. The highest BCUT2D eigenvalue weighted by Crippen LogP contribution is 2.20. The van der Waals surface area contributed by atoms with Crippen molar-refractivity contribution in [3.05, 3.63) is 78.6 Å². The lowest BCUT2D eigenvalue weighted by Crippen LogP contribution is -1.99. The number of hydrogen-bond donors (Lipinski definition) is 2. The number of phenolic OH excluding ortho intramolecular Hbond substituents is 1. The van der Waals surface area contributed by atoms with E-state index in [4.69, 9.17) is 5.11 Å². The third-order valence-electron chi connectivity index (χ3n) is 3.43. The van der Waals surface area contributed by atoms with E-state index in [0.29, 0.717) is 11.0 Å². The van der Waals surface area contributed by atoms with E-state index in [1.54, 1.807) is 30.5 Å².